The number of hydrogen-bond acceptors (Lipinski definition) is 7. The van der Waals surface area contributed by atoms with Gasteiger partial charge in [0.15, 0.2) is 5.69 Å². The Labute approximate surface area is 244 Å². The minimum absolute atomic E-state index is 0.143. The molecule has 0 saturated heterocycles. The van der Waals surface area contributed by atoms with Crippen molar-refractivity contribution >= 4 is 46.0 Å². The molecule has 0 aliphatic carbocycles. The summed E-state index contributed by atoms with van der Waals surface area (Å²) < 4.78 is 21.0. The predicted molar refractivity (Wildman–Crippen MR) is 162 cm³/mol. The summed E-state index contributed by atoms with van der Waals surface area (Å²) in [6.45, 7) is 3.80. The first kappa shape index (κ1) is 28.3. The van der Waals surface area contributed by atoms with Crippen LogP contribution in [0, 0.1) is 12.7 Å². The molecule has 9 nitrogen and oxygen atoms in total. The molecular weight excluding hydrogens is 565 g/mol. The van der Waals surface area contributed by atoms with E-state index in [1.54, 1.807) is 67.8 Å². The standard InChI is InChI=1S/C29H27ClFN7O2S/c1-15-10-20(16(2)33-23-8-9-24(30)34-26(23)28(39)36-41-5)25-21(11-15)29(40)38(4)27(35-25)17-6-7-19(22(31)12-17)18-13-32-37(3)14-18/h6-14,16,33H,1-5H3,(H,36,39). The van der Waals surface area contributed by atoms with E-state index in [9.17, 15) is 9.59 Å². The third-order valence-corrected chi connectivity index (χ3v) is 7.31. The number of carbonyl (C=O) groups excluding carboxylic acids is 1. The highest BCUT2D eigenvalue weighted by Crippen LogP contribution is 2.31. The highest BCUT2D eigenvalue weighted by atomic mass is 35.5. The number of hydrogen-bond donors (Lipinski definition) is 2. The summed E-state index contributed by atoms with van der Waals surface area (Å²) in [6.07, 6.45) is 5.06. The molecule has 5 rings (SSSR count). The number of aromatic nitrogens is 5. The molecule has 1 unspecified atom stereocenters. The van der Waals surface area contributed by atoms with Crippen LogP contribution in [0.4, 0.5) is 10.1 Å². The third-order valence-electron chi connectivity index (χ3n) is 6.71. The van der Waals surface area contributed by atoms with Gasteiger partial charge >= 0.3 is 0 Å². The van der Waals surface area contributed by atoms with Crippen LogP contribution in [-0.2, 0) is 14.1 Å². The van der Waals surface area contributed by atoms with E-state index in [1.807, 2.05) is 19.9 Å². The molecule has 0 aliphatic rings. The van der Waals surface area contributed by atoms with Crippen LogP contribution in [0.2, 0.25) is 5.15 Å². The molecule has 210 valence electrons. The number of anilines is 1. The SMILES string of the molecule is CSNC(=O)c1nc(Cl)ccc1NC(C)c1cc(C)cc2c(=O)n(C)c(-c3ccc(-c4cnn(C)c4)c(F)c3)nc12. The van der Waals surface area contributed by atoms with Crippen molar-refractivity contribution < 1.29 is 9.18 Å². The van der Waals surface area contributed by atoms with Crippen LogP contribution >= 0.6 is 23.5 Å². The zero-order chi connectivity index (χ0) is 29.4. The van der Waals surface area contributed by atoms with Gasteiger partial charge in [0.05, 0.1) is 28.8 Å². The van der Waals surface area contributed by atoms with Crippen LogP contribution in [0.3, 0.4) is 0 Å². The summed E-state index contributed by atoms with van der Waals surface area (Å²) in [5.41, 5.74) is 3.95. The summed E-state index contributed by atoms with van der Waals surface area (Å²) in [6, 6.07) is 11.4. The average molecular weight is 592 g/mol. The van der Waals surface area contributed by atoms with Crippen molar-refractivity contribution in [2.75, 3.05) is 11.6 Å². The summed E-state index contributed by atoms with van der Waals surface area (Å²) >= 11 is 7.23. The van der Waals surface area contributed by atoms with Gasteiger partial charge in [-0.05, 0) is 43.7 Å². The van der Waals surface area contributed by atoms with Crippen LogP contribution in [0.5, 0.6) is 0 Å². The molecule has 5 aromatic rings. The second-order valence-electron chi connectivity index (χ2n) is 9.68. The largest absolute Gasteiger partial charge is 0.377 e. The van der Waals surface area contributed by atoms with E-state index in [0.29, 0.717) is 39.1 Å². The van der Waals surface area contributed by atoms with Gasteiger partial charge in [-0.3, -0.25) is 23.6 Å². The lowest BCUT2D eigenvalue weighted by atomic mass is 10.00. The van der Waals surface area contributed by atoms with Crippen LogP contribution < -0.4 is 15.6 Å². The number of fused-ring (bicyclic) bond motifs is 1. The number of benzene rings is 2. The molecule has 3 aromatic heterocycles. The molecule has 0 radical (unpaired) electrons. The first-order chi connectivity index (χ1) is 19.6. The van der Waals surface area contributed by atoms with Crippen molar-refractivity contribution in [3.05, 3.63) is 93.0 Å². The average Bonchev–Trinajstić information content (AvgIpc) is 3.37. The fourth-order valence-corrected chi connectivity index (χ4v) is 5.20. The first-order valence-electron chi connectivity index (χ1n) is 12.6. The second kappa shape index (κ2) is 11.3. The zero-order valence-corrected chi connectivity index (χ0v) is 24.6. The summed E-state index contributed by atoms with van der Waals surface area (Å²) in [7, 11) is 3.39. The van der Waals surface area contributed by atoms with Gasteiger partial charge in [-0.15, -0.1) is 0 Å². The number of nitrogens with zero attached hydrogens (tertiary/aromatic N) is 5. The smallest absolute Gasteiger partial charge is 0.281 e. The summed E-state index contributed by atoms with van der Waals surface area (Å²) in [5.74, 6) is -0.519. The van der Waals surface area contributed by atoms with Gasteiger partial charge in [-0.2, -0.15) is 5.10 Å². The van der Waals surface area contributed by atoms with Gasteiger partial charge in [-0.25, -0.2) is 14.4 Å². The third kappa shape index (κ3) is 5.55. The summed E-state index contributed by atoms with van der Waals surface area (Å²) in [4.78, 5) is 35.3. The fraction of sp³-hybridized carbons (Fsp3) is 0.207. The second-order valence-corrected chi connectivity index (χ2v) is 10.7. The van der Waals surface area contributed by atoms with Gasteiger partial charge in [0.1, 0.15) is 16.8 Å². The van der Waals surface area contributed by atoms with Crippen molar-refractivity contribution in [3.63, 3.8) is 0 Å². The molecule has 3 heterocycles. The maximum atomic E-state index is 15.3. The predicted octanol–water partition coefficient (Wildman–Crippen LogP) is 5.68. The molecule has 2 aromatic carbocycles. The molecule has 0 fully saturated rings. The quantitative estimate of drug-likeness (QED) is 0.185. The highest BCUT2D eigenvalue weighted by Gasteiger charge is 2.21. The van der Waals surface area contributed by atoms with Crippen LogP contribution in [-0.4, -0.2) is 36.5 Å². The van der Waals surface area contributed by atoms with Gasteiger partial charge in [0, 0.05) is 48.8 Å². The monoisotopic (exact) mass is 591 g/mol. The van der Waals surface area contributed by atoms with Crippen molar-refractivity contribution in [1.29, 1.82) is 0 Å². The Kier molecular flexibility index (Phi) is 7.83. The van der Waals surface area contributed by atoms with Crippen molar-refractivity contribution in [2.45, 2.75) is 19.9 Å². The Bertz CT molecular complexity index is 1870. The number of nitrogens with one attached hydrogen (secondary N) is 2. The molecule has 12 heteroatoms. The molecule has 0 aliphatic heterocycles. The molecule has 1 atom stereocenters. The maximum Gasteiger partial charge on any atom is 0.281 e. The minimum atomic E-state index is -0.449. The maximum absolute atomic E-state index is 15.3. The number of rotatable bonds is 7. The Morgan fingerprint density at radius 1 is 1.10 bits per heavy atom. The van der Waals surface area contributed by atoms with Crippen LogP contribution in [0.25, 0.3) is 33.4 Å². The molecule has 0 saturated carbocycles. The Morgan fingerprint density at radius 2 is 1.88 bits per heavy atom. The van der Waals surface area contributed by atoms with E-state index < -0.39 is 17.8 Å². The Balaban J connectivity index is 1.60. The molecular formula is C29H27ClFN7O2S. The lowest BCUT2D eigenvalue weighted by Crippen LogP contribution is -2.22. The number of halogens is 2. The van der Waals surface area contributed by atoms with Gasteiger partial charge in [0.2, 0.25) is 0 Å². The van der Waals surface area contributed by atoms with E-state index in [4.69, 9.17) is 16.6 Å². The Hall–Kier alpha value is -4.22. The number of pyridine rings is 1. The first-order valence-corrected chi connectivity index (χ1v) is 14.2. The van der Waals surface area contributed by atoms with Crippen LogP contribution in [0.15, 0.2) is 59.7 Å². The normalized spacial score (nSPS) is 12.0. The lowest BCUT2D eigenvalue weighted by molar-refractivity contribution is 0.0980. The van der Waals surface area contributed by atoms with Crippen molar-refractivity contribution in [1.82, 2.24) is 29.0 Å². The number of aryl methyl sites for hydroxylation is 2. The van der Waals surface area contributed by atoms with E-state index in [2.05, 4.69) is 20.1 Å². The molecule has 41 heavy (non-hydrogen) atoms. The van der Waals surface area contributed by atoms with Gasteiger partial charge in [0.25, 0.3) is 11.5 Å². The van der Waals surface area contributed by atoms with Crippen molar-refractivity contribution in [3.8, 4) is 22.5 Å². The minimum Gasteiger partial charge on any atom is -0.377 e. The topological polar surface area (TPSA) is 107 Å². The van der Waals surface area contributed by atoms with E-state index >= 15 is 4.39 Å². The lowest BCUT2D eigenvalue weighted by Gasteiger charge is -2.20. The number of carbonyl (C=O) groups is 1. The van der Waals surface area contributed by atoms with Gasteiger partial charge < -0.3 is 5.32 Å². The fourth-order valence-electron chi connectivity index (χ4n) is 4.77. The summed E-state index contributed by atoms with van der Waals surface area (Å²) in [5, 5.41) is 8.07. The van der Waals surface area contributed by atoms with Crippen LogP contribution in [0.1, 0.15) is 34.6 Å². The Morgan fingerprint density at radius 3 is 2.56 bits per heavy atom. The molecule has 0 spiro atoms. The van der Waals surface area contributed by atoms with E-state index in [0.717, 1.165) is 23.1 Å². The molecule has 0 bridgehead atoms. The van der Waals surface area contributed by atoms with Gasteiger partial charge in [-0.1, -0.05) is 41.7 Å². The highest BCUT2D eigenvalue weighted by molar-refractivity contribution is 7.97. The van der Waals surface area contributed by atoms with E-state index in [-0.39, 0.29) is 16.4 Å². The van der Waals surface area contributed by atoms with E-state index in [1.165, 1.54) is 10.6 Å². The zero-order valence-electron chi connectivity index (χ0n) is 23.0. The molecule has 1 amide bonds. The molecule has 2 N–H and O–H groups in total. The van der Waals surface area contributed by atoms with Crippen molar-refractivity contribution in [2.24, 2.45) is 14.1 Å². The number of amides is 1.